The zero-order valence-corrected chi connectivity index (χ0v) is 41.6. The Morgan fingerprint density at radius 1 is 0.514 bits per heavy atom. The summed E-state index contributed by atoms with van der Waals surface area (Å²) >= 11 is 0. The maximum absolute atomic E-state index is 14.7. The number of nitrogens with zero attached hydrogens (tertiary/aromatic N) is 2. The quantitative estimate of drug-likeness (QED) is 0.0351. The van der Waals surface area contributed by atoms with Gasteiger partial charge in [-0.15, -0.1) is 0 Å². The number of aliphatic hydroxyl groups is 2. The van der Waals surface area contributed by atoms with E-state index in [0.717, 1.165) is 10.8 Å². The van der Waals surface area contributed by atoms with E-state index in [4.69, 9.17) is 22.9 Å². The third-order valence-electron chi connectivity index (χ3n) is 13.0. The Morgan fingerprint density at radius 3 is 1.53 bits per heavy atom. The molecule has 2 heterocycles. The van der Waals surface area contributed by atoms with E-state index in [2.05, 4.69) is 42.2 Å². The minimum absolute atomic E-state index is 0.0153. The lowest BCUT2D eigenvalue weighted by Crippen LogP contribution is -2.62. The number of hydrogen-bond acceptors (Lipinski definition) is 13. The molecule has 2 saturated heterocycles. The molecule has 0 bridgehead atoms. The van der Waals surface area contributed by atoms with Crippen LogP contribution in [0.3, 0.4) is 0 Å². The summed E-state index contributed by atoms with van der Waals surface area (Å²) < 4.78 is 0. The van der Waals surface area contributed by atoms with Crippen molar-refractivity contribution >= 4 is 64.0 Å². The van der Waals surface area contributed by atoms with Gasteiger partial charge in [-0.3, -0.25) is 43.3 Å². The second-order valence-corrected chi connectivity index (χ2v) is 18.6. The van der Waals surface area contributed by atoms with E-state index >= 15 is 0 Å². The van der Waals surface area contributed by atoms with Crippen LogP contribution in [0.5, 0.6) is 0 Å². The fraction of sp³-hybridized carbons (Fsp3) is 0.510. The van der Waals surface area contributed by atoms with Gasteiger partial charge in [0.15, 0.2) is 5.96 Å². The van der Waals surface area contributed by atoms with Crippen LogP contribution >= 0.6 is 0 Å². The molecular formula is C51H73N13O10. The third kappa shape index (κ3) is 17.2. The monoisotopic (exact) mass is 1030 g/mol. The number of carbonyl (C=O) groups is 8. The molecule has 5 rings (SSSR count). The van der Waals surface area contributed by atoms with Crippen molar-refractivity contribution in [3.63, 3.8) is 0 Å². The van der Waals surface area contributed by atoms with Crippen molar-refractivity contribution in [2.24, 2.45) is 27.9 Å². The Balaban J connectivity index is 1.56. The van der Waals surface area contributed by atoms with Crippen molar-refractivity contribution < 1.29 is 48.6 Å². The van der Waals surface area contributed by atoms with Crippen LogP contribution in [-0.4, -0.2) is 156 Å². The molecule has 8 atom stereocenters. The number of fused-ring (bicyclic) bond motifs is 2. The van der Waals surface area contributed by atoms with Crippen molar-refractivity contribution in [2.45, 2.75) is 125 Å². The maximum atomic E-state index is 14.7. The molecule has 0 radical (unpaired) electrons. The van der Waals surface area contributed by atoms with Crippen LogP contribution < -0.4 is 60.2 Å². The number of nitrogens with one attached hydrogen (secondary N) is 7. The minimum Gasteiger partial charge on any atom is -0.394 e. The molecule has 17 N–H and O–H groups in total. The van der Waals surface area contributed by atoms with Crippen LogP contribution in [0, 0.1) is 0 Å². The van der Waals surface area contributed by atoms with Gasteiger partial charge in [-0.05, 0) is 99.2 Å². The molecule has 23 heteroatoms. The smallest absolute Gasteiger partial charge is 0.246 e. The molecule has 74 heavy (non-hydrogen) atoms. The molecule has 2 aliphatic heterocycles. The highest BCUT2D eigenvalue weighted by Gasteiger charge is 2.41. The van der Waals surface area contributed by atoms with Gasteiger partial charge in [0.25, 0.3) is 0 Å². The second kappa shape index (κ2) is 29.5. The zero-order chi connectivity index (χ0) is 53.6. The summed E-state index contributed by atoms with van der Waals surface area (Å²) in [5.74, 6) is -6.81. The first-order chi connectivity index (χ1) is 35.6. The number of aliphatic imine (C=N–C) groups is 1. The molecule has 0 aromatic heterocycles. The fourth-order valence-electron chi connectivity index (χ4n) is 8.95. The summed E-state index contributed by atoms with van der Waals surface area (Å²) in [7, 11) is 0. The first-order valence-electron chi connectivity index (χ1n) is 25.3. The van der Waals surface area contributed by atoms with Crippen LogP contribution in [0.25, 0.3) is 10.8 Å². The molecule has 3 aromatic carbocycles. The van der Waals surface area contributed by atoms with Crippen molar-refractivity contribution in [2.75, 3.05) is 39.4 Å². The summed E-state index contributed by atoms with van der Waals surface area (Å²) in [6.45, 7) is -1.16. The molecule has 3 aromatic rings. The fourth-order valence-corrected chi connectivity index (χ4v) is 8.95. The van der Waals surface area contributed by atoms with E-state index in [1.54, 1.807) is 42.5 Å². The van der Waals surface area contributed by atoms with E-state index in [0.29, 0.717) is 43.2 Å². The van der Waals surface area contributed by atoms with Gasteiger partial charge in [0, 0.05) is 25.9 Å². The first kappa shape index (κ1) is 57.7. The van der Waals surface area contributed by atoms with Gasteiger partial charge in [0.2, 0.25) is 47.3 Å². The van der Waals surface area contributed by atoms with Gasteiger partial charge in [-0.2, -0.15) is 0 Å². The largest absolute Gasteiger partial charge is 0.394 e. The Morgan fingerprint density at radius 2 is 0.973 bits per heavy atom. The Labute approximate surface area is 430 Å². The number of benzene rings is 3. The van der Waals surface area contributed by atoms with Crippen molar-refractivity contribution in [1.29, 1.82) is 0 Å². The summed E-state index contributed by atoms with van der Waals surface area (Å²) in [4.78, 5) is 120. The number of rotatable bonds is 18. The average Bonchev–Trinajstić information content (AvgIpc) is 3.89. The number of unbranched alkanes of at least 4 members (excludes halogenated alkanes) is 2. The standard InChI is InChI=1S/C51H73N13O10/c52-22-8-6-16-35-45(69)62-40(29-65)47(71)60-38(28-32-20-21-33-14-4-5-15-34(33)26-32)46(70)63-41(30-66)48(72)61-39(27-31-12-2-1-3-13-31)50(74)64-25-11-19-42(64)49(73)59-36(17-7-9-23-53)43(67)58-37(44(68)57-35)18-10-24-56-51(54)55/h1-5,12-15,20-21,26,35-42,65-66H,6-11,16-19,22-25,27-30,52-53H2,(H,57,68)(H,58,67)(H,59,73)(H,60,71)(H,61,72)(H,62,69)(H,63,70)(H4,54,55,56)/t35-,36-,37-,38-,39+,40-,41-,42+/m0/s1. The number of hydrogen-bond donors (Lipinski definition) is 13. The normalized spacial score (nSPS) is 24.0. The zero-order valence-electron chi connectivity index (χ0n) is 41.6. The van der Waals surface area contributed by atoms with Gasteiger partial charge in [0.05, 0.1) is 13.2 Å². The van der Waals surface area contributed by atoms with Gasteiger partial charge >= 0.3 is 0 Å². The molecule has 2 aliphatic rings. The molecule has 402 valence electrons. The van der Waals surface area contributed by atoms with Gasteiger partial charge in [-0.25, -0.2) is 0 Å². The highest BCUT2D eigenvalue weighted by Crippen LogP contribution is 2.22. The van der Waals surface area contributed by atoms with Crippen molar-refractivity contribution in [3.05, 3.63) is 83.9 Å². The van der Waals surface area contributed by atoms with Crippen LogP contribution in [0.4, 0.5) is 0 Å². The molecule has 8 amide bonds. The number of guanidine groups is 1. The lowest BCUT2D eigenvalue weighted by Gasteiger charge is -2.31. The van der Waals surface area contributed by atoms with E-state index in [1.165, 1.54) is 4.90 Å². The molecule has 23 nitrogen and oxygen atoms in total. The molecule has 0 unspecified atom stereocenters. The lowest BCUT2D eigenvalue weighted by molar-refractivity contribution is -0.143. The molecular weight excluding hydrogens is 955 g/mol. The Bertz CT molecular complexity index is 2420. The first-order valence-corrected chi connectivity index (χ1v) is 25.3. The summed E-state index contributed by atoms with van der Waals surface area (Å²) in [5.41, 5.74) is 23.9. The topological polar surface area (TPSA) is 381 Å². The minimum atomic E-state index is -1.68. The second-order valence-electron chi connectivity index (χ2n) is 18.6. The number of nitrogens with two attached hydrogens (primary N) is 4. The number of carbonyl (C=O) groups excluding carboxylic acids is 8. The lowest BCUT2D eigenvalue weighted by atomic mass is 10.0. The Hall–Kier alpha value is -7.21. The molecule has 2 fully saturated rings. The van der Waals surface area contributed by atoms with Crippen LogP contribution in [-0.2, 0) is 51.2 Å². The summed E-state index contributed by atoms with van der Waals surface area (Å²) in [6.07, 6.45) is 2.32. The van der Waals surface area contributed by atoms with E-state index in [-0.39, 0.29) is 77.1 Å². The Kier molecular flexibility index (Phi) is 23.0. The van der Waals surface area contributed by atoms with Crippen molar-refractivity contribution in [1.82, 2.24) is 42.1 Å². The van der Waals surface area contributed by atoms with E-state index in [1.807, 2.05) is 30.3 Å². The average molecular weight is 1030 g/mol. The van der Waals surface area contributed by atoms with Crippen LogP contribution in [0.1, 0.15) is 75.3 Å². The van der Waals surface area contributed by atoms with Gasteiger partial charge < -0.3 is 75.3 Å². The van der Waals surface area contributed by atoms with Gasteiger partial charge in [-0.1, -0.05) is 72.8 Å². The number of amides is 8. The number of aliphatic hydroxyl groups excluding tert-OH is 2. The summed E-state index contributed by atoms with van der Waals surface area (Å²) in [5, 5.41) is 41.4. The van der Waals surface area contributed by atoms with E-state index < -0.39 is 109 Å². The van der Waals surface area contributed by atoms with E-state index in [9.17, 15) is 48.6 Å². The van der Waals surface area contributed by atoms with Gasteiger partial charge in [0.1, 0.15) is 48.3 Å². The molecule has 0 aliphatic carbocycles. The van der Waals surface area contributed by atoms with Crippen LogP contribution in [0.2, 0.25) is 0 Å². The third-order valence-corrected chi connectivity index (χ3v) is 13.0. The highest BCUT2D eigenvalue weighted by molar-refractivity contribution is 5.99. The maximum Gasteiger partial charge on any atom is 0.246 e. The highest BCUT2D eigenvalue weighted by atomic mass is 16.3. The van der Waals surface area contributed by atoms with Crippen molar-refractivity contribution in [3.8, 4) is 0 Å². The van der Waals surface area contributed by atoms with Crippen LogP contribution in [0.15, 0.2) is 77.8 Å². The molecule has 0 saturated carbocycles. The predicted molar refractivity (Wildman–Crippen MR) is 276 cm³/mol. The predicted octanol–water partition coefficient (Wildman–Crippen LogP) is -2.68. The molecule has 0 spiro atoms. The SMILES string of the molecule is NCCCC[C@@H]1NC(=O)[C@H](CCCN=C(N)N)NC(=O)[C@H](CCCCN)NC(=O)[C@H]2CCCN2C(=O)[C@@H](Cc2ccccc2)NC(=O)[C@H](CO)NC(=O)[C@H](Cc2ccc3ccccc3c2)NC(=O)[C@H](CO)NC1=O. The summed E-state index contributed by atoms with van der Waals surface area (Å²) in [6, 6.07) is 10.5.